The van der Waals surface area contributed by atoms with E-state index in [0.29, 0.717) is 12.2 Å². The molecule has 1 heterocycles. The molecule has 0 aromatic heterocycles. The molecule has 1 aromatic rings. The molecule has 14 atom stereocenters. The minimum Gasteiger partial charge on any atom is -0.455 e. The van der Waals surface area contributed by atoms with Crippen molar-refractivity contribution in [1.82, 2.24) is 4.90 Å². The zero-order chi connectivity index (χ0) is 29.1. The molecule has 7 bridgehead atoms. The number of fused-ring (bicyclic) bond motifs is 2. The lowest BCUT2D eigenvalue weighted by atomic mass is 9.43. The molecule has 10 heteroatoms. The summed E-state index contributed by atoms with van der Waals surface area (Å²) in [6, 6.07) is 8.46. The van der Waals surface area contributed by atoms with Gasteiger partial charge in [-0.2, -0.15) is 0 Å². The molecule has 6 aliphatic rings. The van der Waals surface area contributed by atoms with Crippen LogP contribution in [0.4, 0.5) is 0 Å². The highest BCUT2D eigenvalue weighted by Gasteiger charge is 2.90. The Morgan fingerprint density at radius 2 is 1.76 bits per heavy atom. The number of aliphatic hydroxyl groups excluding tert-OH is 1. The van der Waals surface area contributed by atoms with Gasteiger partial charge in [-0.05, 0) is 44.4 Å². The second-order valence-electron chi connectivity index (χ2n) is 13.6. The van der Waals surface area contributed by atoms with E-state index in [1.54, 1.807) is 45.6 Å². The molecule has 41 heavy (non-hydrogen) atoms. The number of carbonyl (C=O) groups is 1. The lowest BCUT2D eigenvalue weighted by Crippen LogP contribution is -2.79. The molecule has 0 radical (unpaired) electrons. The van der Waals surface area contributed by atoms with E-state index in [1.807, 2.05) is 6.07 Å². The Balaban J connectivity index is 1.46. The van der Waals surface area contributed by atoms with Gasteiger partial charge in [-0.1, -0.05) is 18.2 Å². The minimum atomic E-state index is -1.76. The highest BCUT2D eigenvalue weighted by Crippen LogP contribution is 2.80. The number of ether oxygens (including phenoxy) is 5. The Morgan fingerprint density at radius 3 is 2.39 bits per heavy atom. The number of rotatable bonds is 7. The van der Waals surface area contributed by atoms with Crippen LogP contribution in [0.5, 0.6) is 0 Å². The number of hydrogen-bond donors (Lipinski definition) is 3. The maximum Gasteiger partial charge on any atom is 0.338 e. The SMILES string of the molecule is COC[C@@]12CC[C@H](OC)[C@]34C([C@H]([C@H](OC)[C@@H]13)[C@]1(O)[C@H]3[C@@H](OC(=O)c5ccccc5)[C@](O)(C[C@H]34)[C@@H](OC)[C@@H]1O)N(C)C2. The summed E-state index contributed by atoms with van der Waals surface area (Å²) in [5.41, 5.74) is -3.95. The standard InChI is InChI=1S/C31H43NO9/c1-32-14-28(15-37-2)12-11-18(38-3)30-17-13-29(35)25(41-27(34)16-9-7-6-8-10-16)19(17)31(36,24(33)26(29)40-5)20(23(30)32)21(39-4)22(28)30/h6-10,17-26,33,35-36H,11-15H2,1-5H3/t17-,18+,19-,20+,21+,22+,23?,24+,25-,26+,28+,29-,30+,31-/m1/s1. The lowest BCUT2D eigenvalue weighted by molar-refractivity contribution is -0.313. The third kappa shape index (κ3) is 3.08. The van der Waals surface area contributed by atoms with E-state index in [2.05, 4.69) is 11.9 Å². The number of benzene rings is 1. The van der Waals surface area contributed by atoms with Crippen LogP contribution in [-0.2, 0) is 23.7 Å². The summed E-state index contributed by atoms with van der Waals surface area (Å²) >= 11 is 0. The third-order valence-electron chi connectivity index (χ3n) is 12.5. The quantitative estimate of drug-likeness (QED) is 0.402. The number of methoxy groups -OCH3 is 4. The van der Waals surface area contributed by atoms with E-state index in [9.17, 15) is 20.1 Å². The molecule has 6 fully saturated rings. The molecule has 7 rings (SSSR count). The lowest BCUT2D eigenvalue weighted by Gasteiger charge is -2.69. The zero-order valence-electron chi connectivity index (χ0n) is 24.4. The van der Waals surface area contributed by atoms with Crippen LogP contribution in [0.1, 0.15) is 29.6 Å². The predicted octanol–water partition coefficient (Wildman–Crippen LogP) is 0.716. The summed E-state index contributed by atoms with van der Waals surface area (Å²) < 4.78 is 30.6. The summed E-state index contributed by atoms with van der Waals surface area (Å²) in [6.45, 7) is 1.29. The highest BCUT2D eigenvalue weighted by molar-refractivity contribution is 5.89. The van der Waals surface area contributed by atoms with E-state index in [1.165, 1.54) is 7.11 Å². The van der Waals surface area contributed by atoms with Gasteiger partial charge in [-0.3, -0.25) is 0 Å². The Kier molecular flexibility index (Phi) is 6.31. The molecule has 1 spiro atoms. The number of aliphatic hydroxyl groups is 3. The average Bonchev–Trinajstić information content (AvgIpc) is 3.36. The van der Waals surface area contributed by atoms with Gasteiger partial charge >= 0.3 is 5.97 Å². The van der Waals surface area contributed by atoms with Crippen LogP contribution >= 0.6 is 0 Å². The minimum absolute atomic E-state index is 0.0644. The summed E-state index contributed by atoms with van der Waals surface area (Å²) in [5, 5.41) is 37.6. The Bertz CT molecular complexity index is 1200. The number of likely N-dealkylation sites (tertiary alicyclic amines) is 1. The highest BCUT2D eigenvalue weighted by atomic mass is 16.6. The number of carbonyl (C=O) groups excluding carboxylic acids is 1. The van der Waals surface area contributed by atoms with Crippen LogP contribution in [0.25, 0.3) is 0 Å². The number of esters is 1. The van der Waals surface area contributed by atoms with Crippen molar-refractivity contribution in [3.63, 3.8) is 0 Å². The zero-order valence-corrected chi connectivity index (χ0v) is 24.4. The fourth-order valence-corrected chi connectivity index (χ4v) is 11.8. The van der Waals surface area contributed by atoms with Crippen LogP contribution < -0.4 is 0 Å². The van der Waals surface area contributed by atoms with Crippen molar-refractivity contribution in [2.75, 3.05) is 48.6 Å². The van der Waals surface area contributed by atoms with E-state index in [4.69, 9.17) is 23.7 Å². The first-order valence-corrected chi connectivity index (χ1v) is 14.8. The molecule has 3 N–H and O–H groups in total. The van der Waals surface area contributed by atoms with Crippen molar-refractivity contribution in [3.05, 3.63) is 35.9 Å². The summed E-state index contributed by atoms with van der Waals surface area (Å²) in [4.78, 5) is 15.8. The largest absolute Gasteiger partial charge is 0.455 e. The number of nitrogens with zero attached hydrogens (tertiary/aromatic N) is 1. The fraction of sp³-hybridized carbons (Fsp3) is 0.774. The average molecular weight is 574 g/mol. The molecular formula is C31H43NO9. The number of hydrogen-bond acceptors (Lipinski definition) is 10. The van der Waals surface area contributed by atoms with Crippen LogP contribution in [0.3, 0.4) is 0 Å². The van der Waals surface area contributed by atoms with Gasteiger partial charge in [-0.15, -0.1) is 0 Å². The third-order valence-corrected chi connectivity index (χ3v) is 12.5. The summed E-state index contributed by atoms with van der Waals surface area (Å²) in [5.74, 6) is -2.30. The maximum atomic E-state index is 13.5. The van der Waals surface area contributed by atoms with Crippen molar-refractivity contribution >= 4 is 5.97 Å². The van der Waals surface area contributed by atoms with E-state index in [-0.39, 0.29) is 35.8 Å². The van der Waals surface area contributed by atoms with Gasteiger partial charge in [-0.25, -0.2) is 4.79 Å². The van der Waals surface area contributed by atoms with Crippen LogP contribution in [0, 0.1) is 34.5 Å². The fourth-order valence-electron chi connectivity index (χ4n) is 11.8. The van der Waals surface area contributed by atoms with Crippen molar-refractivity contribution in [2.24, 2.45) is 34.5 Å². The second-order valence-corrected chi connectivity index (χ2v) is 13.6. The first-order valence-electron chi connectivity index (χ1n) is 14.8. The molecule has 10 nitrogen and oxygen atoms in total. The van der Waals surface area contributed by atoms with Crippen molar-refractivity contribution < 1.29 is 43.8 Å². The van der Waals surface area contributed by atoms with Gasteiger partial charge in [0.2, 0.25) is 0 Å². The first-order chi connectivity index (χ1) is 19.6. The topological polar surface area (TPSA) is 127 Å². The summed E-state index contributed by atoms with van der Waals surface area (Å²) in [6.07, 6.45) is -2.45. The first kappa shape index (κ1) is 28.2. The van der Waals surface area contributed by atoms with E-state index in [0.717, 1.165) is 19.4 Å². The molecule has 0 amide bonds. The second kappa shape index (κ2) is 9.19. The van der Waals surface area contributed by atoms with Crippen LogP contribution in [0.15, 0.2) is 30.3 Å². The predicted molar refractivity (Wildman–Crippen MR) is 145 cm³/mol. The molecule has 1 aliphatic heterocycles. The smallest absolute Gasteiger partial charge is 0.338 e. The maximum absolute atomic E-state index is 13.5. The summed E-state index contributed by atoms with van der Waals surface area (Å²) in [7, 11) is 8.65. The van der Waals surface area contributed by atoms with Crippen LogP contribution in [0.2, 0.25) is 0 Å². The monoisotopic (exact) mass is 573 g/mol. The van der Waals surface area contributed by atoms with Crippen molar-refractivity contribution in [1.29, 1.82) is 0 Å². The van der Waals surface area contributed by atoms with Gasteiger partial charge < -0.3 is 43.9 Å². The molecule has 1 unspecified atom stereocenters. The molecular weight excluding hydrogens is 530 g/mol. The van der Waals surface area contributed by atoms with Crippen molar-refractivity contribution in [2.45, 2.75) is 67.0 Å². The molecule has 226 valence electrons. The van der Waals surface area contributed by atoms with E-state index < -0.39 is 58.8 Å². The van der Waals surface area contributed by atoms with Gasteiger partial charge in [0, 0.05) is 69.6 Å². The number of piperidine rings is 1. The molecule has 5 saturated carbocycles. The molecule has 5 aliphatic carbocycles. The Hall–Kier alpha value is -1.63. The Morgan fingerprint density at radius 1 is 1.02 bits per heavy atom. The normalized spacial score (nSPS) is 52.9. The van der Waals surface area contributed by atoms with E-state index >= 15 is 0 Å². The van der Waals surface area contributed by atoms with Gasteiger partial charge in [0.05, 0.1) is 24.4 Å². The van der Waals surface area contributed by atoms with Crippen LogP contribution in [-0.4, -0.2) is 123 Å². The Labute approximate surface area is 240 Å². The van der Waals surface area contributed by atoms with Gasteiger partial charge in [0.1, 0.15) is 29.5 Å². The van der Waals surface area contributed by atoms with Crippen molar-refractivity contribution in [3.8, 4) is 0 Å². The molecule has 1 saturated heterocycles. The van der Waals surface area contributed by atoms with Gasteiger partial charge in [0.15, 0.2) is 0 Å². The van der Waals surface area contributed by atoms with Gasteiger partial charge in [0.25, 0.3) is 0 Å². The molecule has 1 aromatic carbocycles.